The van der Waals surface area contributed by atoms with Gasteiger partial charge in [0.1, 0.15) is 23.0 Å². The third-order valence-corrected chi connectivity index (χ3v) is 12.9. The van der Waals surface area contributed by atoms with Crippen LogP contribution in [-0.2, 0) is 19.1 Å². The lowest BCUT2D eigenvalue weighted by molar-refractivity contribution is -0.143. The summed E-state index contributed by atoms with van der Waals surface area (Å²) < 4.78 is 23.5. The Bertz CT molecular complexity index is 2740. The van der Waals surface area contributed by atoms with Gasteiger partial charge in [0, 0.05) is 102 Å². The Hall–Kier alpha value is -5.97. The van der Waals surface area contributed by atoms with E-state index in [9.17, 15) is 24.3 Å². The molecule has 3 aliphatic rings. The Morgan fingerprint density at radius 3 is 2.17 bits per heavy atom. The number of hydrogen-bond acceptors (Lipinski definition) is 15. The van der Waals surface area contributed by atoms with E-state index in [-0.39, 0.29) is 76.4 Å². The molecule has 16 heteroatoms. The van der Waals surface area contributed by atoms with Gasteiger partial charge in [0.2, 0.25) is 16.8 Å². The summed E-state index contributed by atoms with van der Waals surface area (Å²) >= 11 is 0. The van der Waals surface area contributed by atoms with Crippen molar-refractivity contribution in [3.63, 3.8) is 0 Å². The highest BCUT2D eigenvalue weighted by Crippen LogP contribution is 2.55. The molecule has 1 aliphatic carbocycles. The summed E-state index contributed by atoms with van der Waals surface area (Å²) in [6, 6.07) is 3.02. The molecule has 8 rings (SSSR count). The zero-order valence-corrected chi connectivity index (χ0v) is 36.6. The minimum Gasteiger partial charge on any atom is -0.507 e. The number of hydrogen-bond donors (Lipinski definition) is 6. The summed E-state index contributed by atoms with van der Waals surface area (Å²) in [4.78, 5) is 72.5. The standard InChI is InChI=1S/C47H56N6O10/c1-24-20-27-35-40-36(45(58)44(27)52-23-32(56)51-15-18-53-16-13-49-14-17-53)28(50-12-8-33(57)63-19-9-26-6-10-48-11-7-26)21-30(60-3)38(40)39-31(61-4)22-29(55)37-42(39)41(35)43(34(24)25(2)54)47(62-5)46(37)59/h20-22,26,34,48-50,52,55H,6-19,23H2,1-5H3,(H,51,56). The van der Waals surface area contributed by atoms with E-state index in [1.54, 1.807) is 19.1 Å². The first-order valence-corrected chi connectivity index (χ1v) is 21.8. The van der Waals surface area contributed by atoms with Crippen molar-refractivity contribution in [3.05, 3.63) is 49.3 Å². The quantitative estimate of drug-likeness (QED) is 0.0446. The number of anilines is 2. The van der Waals surface area contributed by atoms with E-state index in [0.717, 1.165) is 58.5 Å². The fourth-order valence-electron chi connectivity index (χ4n) is 10.00. The molecule has 5 aromatic carbocycles. The van der Waals surface area contributed by atoms with Crippen LogP contribution in [0.3, 0.4) is 0 Å². The zero-order valence-electron chi connectivity index (χ0n) is 36.6. The number of allylic oxidation sites excluding steroid dienone is 1. The number of carbonyl (C=O) groups is 3. The first kappa shape index (κ1) is 43.7. The molecule has 334 valence electrons. The van der Waals surface area contributed by atoms with E-state index in [1.807, 2.05) is 0 Å². The van der Waals surface area contributed by atoms with E-state index < -0.39 is 16.8 Å². The minimum atomic E-state index is -0.988. The van der Waals surface area contributed by atoms with E-state index in [2.05, 4.69) is 31.5 Å². The summed E-state index contributed by atoms with van der Waals surface area (Å²) in [5.74, 6) is -1.43. The van der Waals surface area contributed by atoms with Crippen molar-refractivity contribution in [1.29, 1.82) is 0 Å². The molecule has 0 aromatic heterocycles. The number of piperazine rings is 1. The second-order valence-electron chi connectivity index (χ2n) is 16.7. The van der Waals surface area contributed by atoms with Crippen molar-refractivity contribution in [2.75, 3.05) is 104 Å². The Morgan fingerprint density at radius 2 is 1.49 bits per heavy atom. The van der Waals surface area contributed by atoms with Gasteiger partial charge < -0.3 is 50.6 Å². The number of carbonyl (C=O) groups excluding carboxylic acids is 3. The Morgan fingerprint density at radius 1 is 0.810 bits per heavy atom. The number of aromatic hydroxyl groups is 1. The maximum atomic E-state index is 15.4. The van der Waals surface area contributed by atoms with Gasteiger partial charge in [0.25, 0.3) is 0 Å². The molecule has 0 radical (unpaired) electrons. The van der Waals surface area contributed by atoms with Crippen LogP contribution in [0.5, 0.6) is 23.0 Å². The second-order valence-corrected chi connectivity index (χ2v) is 16.7. The molecule has 5 aromatic rings. The Labute approximate surface area is 364 Å². The molecular formula is C47H56N6O10. The smallest absolute Gasteiger partial charge is 0.307 e. The fourth-order valence-corrected chi connectivity index (χ4v) is 10.00. The number of Topliss-reactive ketones (excluding diaryl/α,β-unsaturated/α-hetero) is 1. The molecule has 0 spiro atoms. The van der Waals surface area contributed by atoms with Crippen molar-refractivity contribution in [2.45, 2.75) is 45.4 Å². The number of rotatable bonds is 17. The maximum Gasteiger partial charge on any atom is 0.307 e. The van der Waals surface area contributed by atoms with Crippen LogP contribution >= 0.6 is 0 Å². The van der Waals surface area contributed by atoms with Crippen LogP contribution in [0.4, 0.5) is 11.4 Å². The lowest BCUT2D eigenvalue weighted by Crippen LogP contribution is -2.46. The zero-order chi connectivity index (χ0) is 44.5. The van der Waals surface area contributed by atoms with Crippen LogP contribution in [0.15, 0.2) is 27.3 Å². The van der Waals surface area contributed by atoms with Gasteiger partial charge in [-0.1, -0.05) is 11.6 Å². The molecule has 0 saturated carbocycles. The molecule has 1 amide bonds. The second kappa shape index (κ2) is 18.4. The predicted molar refractivity (Wildman–Crippen MR) is 245 cm³/mol. The highest BCUT2D eigenvalue weighted by molar-refractivity contribution is 6.40. The van der Waals surface area contributed by atoms with Crippen LogP contribution in [-0.4, -0.2) is 121 Å². The van der Waals surface area contributed by atoms with Gasteiger partial charge in [-0.05, 0) is 57.5 Å². The maximum absolute atomic E-state index is 15.4. The molecule has 2 heterocycles. The highest BCUT2D eigenvalue weighted by Gasteiger charge is 2.37. The van der Waals surface area contributed by atoms with Gasteiger partial charge >= 0.3 is 5.97 Å². The number of phenols is 1. The number of fused-ring (bicyclic) bond motifs is 1. The van der Waals surface area contributed by atoms with Crippen LogP contribution in [0.1, 0.15) is 56.6 Å². The largest absolute Gasteiger partial charge is 0.507 e. The van der Waals surface area contributed by atoms with E-state index in [4.69, 9.17) is 18.9 Å². The number of ketones is 1. The van der Waals surface area contributed by atoms with Crippen molar-refractivity contribution >= 4 is 78.2 Å². The number of amides is 1. The van der Waals surface area contributed by atoms with Gasteiger partial charge in [0.15, 0.2) is 5.75 Å². The molecule has 63 heavy (non-hydrogen) atoms. The molecule has 0 bridgehead atoms. The molecule has 1 unspecified atom stereocenters. The van der Waals surface area contributed by atoms with E-state index in [1.165, 1.54) is 34.3 Å². The number of esters is 1. The number of ether oxygens (including phenoxy) is 4. The van der Waals surface area contributed by atoms with Crippen LogP contribution in [0, 0.1) is 5.92 Å². The lowest BCUT2D eigenvalue weighted by Gasteiger charge is -2.27. The number of piperidine rings is 1. The van der Waals surface area contributed by atoms with Gasteiger partial charge in [-0.25, -0.2) is 0 Å². The molecule has 2 aliphatic heterocycles. The molecule has 2 saturated heterocycles. The molecule has 16 nitrogen and oxygen atoms in total. The van der Waals surface area contributed by atoms with Crippen LogP contribution in [0.25, 0.3) is 49.2 Å². The van der Waals surface area contributed by atoms with Crippen LogP contribution in [0.2, 0.25) is 0 Å². The number of benzene rings is 5. The fraction of sp³-hybridized carbons (Fsp3) is 0.468. The first-order chi connectivity index (χ1) is 30.5. The lowest BCUT2D eigenvalue weighted by atomic mass is 9.80. The Kier molecular flexibility index (Phi) is 12.8. The average molecular weight is 865 g/mol. The molecule has 6 N–H and O–H groups in total. The SMILES string of the molecule is COc1c2c3c4c(c(NCC(=O)NCCN5CCNCC5)c(=O)c5c(NCCC(=O)OCCC6CCNCC6)cc(OC)c(c6c(OC)cc(O)c(c1=O)c63)c54)C=C(C)C2C(C)=O. The van der Waals surface area contributed by atoms with Crippen molar-refractivity contribution in [1.82, 2.24) is 20.9 Å². The van der Waals surface area contributed by atoms with E-state index >= 15 is 4.79 Å². The van der Waals surface area contributed by atoms with Crippen molar-refractivity contribution in [3.8, 4) is 23.0 Å². The number of nitrogens with one attached hydrogen (secondary N) is 5. The Balaban J connectivity index is 1.32. The van der Waals surface area contributed by atoms with Gasteiger partial charge in [0.05, 0.1) is 63.3 Å². The summed E-state index contributed by atoms with van der Waals surface area (Å²) in [6.07, 6.45) is 4.66. The topological polar surface area (TPSA) is 206 Å². The predicted octanol–water partition coefficient (Wildman–Crippen LogP) is 3.88. The average Bonchev–Trinajstić information content (AvgIpc) is 3.40. The van der Waals surface area contributed by atoms with Crippen LogP contribution < -0.4 is 51.7 Å². The summed E-state index contributed by atoms with van der Waals surface area (Å²) in [6.45, 7) is 9.94. The molecule has 2 fully saturated rings. The normalized spacial score (nSPS) is 17.0. The third kappa shape index (κ3) is 8.00. The first-order valence-electron chi connectivity index (χ1n) is 21.8. The number of nitrogens with zero attached hydrogens (tertiary/aromatic N) is 1. The van der Waals surface area contributed by atoms with Crippen molar-refractivity contribution < 1.29 is 38.4 Å². The number of phenolic OH excluding ortho intramolecular Hbond substituents is 1. The van der Waals surface area contributed by atoms with Gasteiger partial charge in [-0.3, -0.25) is 28.9 Å². The third-order valence-electron chi connectivity index (χ3n) is 12.9. The summed E-state index contributed by atoms with van der Waals surface area (Å²) in [7, 11) is 4.27. The summed E-state index contributed by atoms with van der Waals surface area (Å²) in [5, 5.41) is 30.3. The minimum absolute atomic E-state index is 0.0151. The monoisotopic (exact) mass is 864 g/mol. The van der Waals surface area contributed by atoms with Gasteiger partial charge in [-0.15, -0.1) is 0 Å². The van der Waals surface area contributed by atoms with E-state index in [0.29, 0.717) is 80.5 Å². The number of methoxy groups -OCH3 is 3. The highest BCUT2D eigenvalue weighted by atomic mass is 16.5. The molecular weight excluding hydrogens is 809 g/mol. The van der Waals surface area contributed by atoms with Gasteiger partial charge in [-0.2, -0.15) is 0 Å². The summed E-state index contributed by atoms with van der Waals surface area (Å²) in [5.41, 5.74) is 0.570. The molecule has 1 atom stereocenters. The van der Waals surface area contributed by atoms with Crippen molar-refractivity contribution in [2.24, 2.45) is 5.92 Å².